The normalized spacial score (nSPS) is 17.7. The molecule has 0 spiro atoms. The van der Waals surface area contributed by atoms with Crippen LogP contribution in [0, 0.1) is 13.8 Å². The fourth-order valence-electron chi connectivity index (χ4n) is 2.79. The Morgan fingerprint density at radius 2 is 2.06 bits per heavy atom. The van der Waals surface area contributed by atoms with Crippen LogP contribution in [0.3, 0.4) is 0 Å². The Bertz CT molecular complexity index is 433. The summed E-state index contributed by atoms with van der Waals surface area (Å²) in [5.41, 5.74) is 9.89. The molecule has 17 heavy (non-hydrogen) atoms. The Morgan fingerprint density at radius 3 is 2.47 bits per heavy atom. The maximum absolute atomic E-state index is 6.00. The largest absolute Gasteiger partial charge is 0.496 e. The summed E-state index contributed by atoms with van der Waals surface area (Å²) in [4.78, 5) is 0. The van der Waals surface area contributed by atoms with E-state index in [-0.39, 0.29) is 5.41 Å². The molecular formula is C14H20BrNO. The lowest BCUT2D eigenvalue weighted by Crippen LogP contribution is -2.42. The fraction of sp³-hybridized carbons (Fsp3) is 0.571. The van der Waals surface area contributed by atoms with E-state index in [1.54, 1.807) is 7.11 Å². The Balaban J connectivity index is 2.60. The summed E-state index contributed by atoms with van der Waals surface area (Å²) in [5.74, 6) is 1.01. The number of hydrogen-bond donors (Lipinski definition) is 1. The van der Waals surface area contributed by atoms with E-state index in [1.165, 1.54) is 36.0 Å². The minimum atomic E-state index is 0.154. The molecular weight excluding hydrogens is 278 g/mol. The van der Waals surface area contributed by atoms with Gasteiger partial charge in [-0.05, 0) is 32.3 Å². The topological polar surface area (TPSA) is 35.2 Å². The molecule has 2 nitrogen and oxygen atoms in total. The molecule has 1 aromatic carbocycles. The molecule has 0 aliphatic heterocycles. The van der Waals surface area contributed by atoms with Gasteiger partial charge >= 0.3 is 0 Å². The molecule has 94 valence electrons. The summed E-state index contributed by atoms with van der Waals surface area (Å²) in [6, 6.07) is 2.24. The van der Waals surface area contributed by atoms with Crippen LogP contribution in [0.1, 0.15) is 36.0 Å². The molecule has 2 N–H and O–H groups in total. The van der Waals surface area contributed by atoms with Crippen LogP contribution in [0.5, 0.6) is 5.75 Å². The molecule has 1 aromatic rings. The van der Waals surface area contributed by atoms with Crippen LogP contribution in [0.15, 0.2) is 10.5 Å². The highest BCUT2D eigenvalue weighted by Gasteiger charge is 2.40. The third-order valence-corrected chi connectivity index (χ3v) is 5.32. The number of halogens is 1. The standard InChI is InChI=1S/C14H20BrNO/c1-9-7-11(14(8-16)5-4-6-14)13(17-3)10(2)12(9)15/h7H,4-6,8,16H2,1-3H3. The maximum Gasteiger partial charge on any atom is 0.126 e. The van der Waals surface area contributed by atoms with E-state index >= 15 is 0 Å². The van der Waals surface area contributed by atoms with E-state index in [4.69, 9.17) is 10.5 Å². The van der Waals surface area contributed by atoms with Gasteiger partial charge in [0, 0.05) is 27.6 Å². The molecule has 0 heterocycles. The first-order valence-electron chi connectivity index (χ1n) is 6.10. The summed E-state index contributed by atoms with van der Waals surface area (Å²) in [6.45, 7) is 4.94. The molecule has 0 aromatic heterocycles. The highest BCUT2D eigenvalue weighted by Crippen LogP contribution is 2.48. The third-order valence-electron chi connectivity index (χ3n) is 4.10. The van der Waals surface area contributed by atoms with Crippen molar-refractivity contribution in [2.24, 2.45) is 5.73 Å². The van der Waals surface area contributed by atoms with Crippen LogP contribution in [-0.4, -0.2) is 13.7 Å². The number of ether oxygens (including phenoxy) is 1. The minimum Gasteiger partial charge on any atom is -0.496 e. The van der Waals surface area contributed by atoms with Crippen LogP contribution in [0.4, 0.5) is 0 Å². The van der Waals surface area contributed by atoms with E-state index in [2.05, 4.69) is 35.8 Å². The molecule has 0 atom stereocenters. The molecule has 1 fully saturated rings. The Kier molecular flexibility index (Phi) is 3.50. The molecule has 2 rings (SSSR count). The van der Waals surface area contributed by atoms with Gasteiger partial charge in [-0.25, -0.2) is 0 Å². The first-order valence-corrected chi connectivity index (χ1v) is 6.89. The molecule has 1 aliphatic carbocycles. The fourth-order valence-corrected chi connectivity index (χ4v) is 3.08. The van der Waals surface area contributed by atoms with Gasteiger partial charge in [-0.15, -0.1) is 0 Å². The third kappa shape index (κ3) is 1.89. The lowest BCUT2D eigenvalue weighted by Gasteiger charge is -2.42. The second-order valence-corrected chi connectivity index (χ2v) is 5.84. The van der Waals surface area contributed by atoms with Crippen molar-refractivity contribution in [2.45, 2.75) is 38.5 Å². The number of hydrogen-bond acceptors (Lipinski definition) is 2. The quantitative estimate of drug-likeness (QED) is 0.927. The Hall–Kier alpha value is -0.540. The zero-order valence-corrected chi connectivity index (χ0v) is 12.4. The van der Waals surface area contributed by atoms with Crippen molar-refractivity contribution < 1.29 is 4.74 Å². The Morgan fingerprint density at radius 1 is 1.41 bits per heavy atom. The first-order chi connectivity index (χ1) is 8.05. The van der Waals surface area contributed by atoms with Crippen molar-refractivity contribution in [3.63, 3.8) is 0 Å². The van der Waals surface area contributed by atoms with Crippen molar-refractivity contribution in [3.8, 4) is 5.75 Å². The number of methoxy groups -OCH3 is 1. The molecule has 0 unspecified atom stereocenters. The molecule has 0 saturated heterocycles. The summed E-state index contributed by atoms with van der Waals surface area (Å²) in [5, 5.41) is 0. The van der Waals surface area contributed by atoms with Crippen molar-refractivity contribution >= 4 is 15.9 Å². The number of nitrogens with two attached hydrogens (primary N) is 1. The van der Waals surface area contributed by atoms with Gasteiger partial charge in [-0.2, -0.15) is 0 Å². The van der Waals surface area contributed by atoms with Gasteiger partial charge in [-0.1, -0.05) is 28.4 Å². The molecule has 3 heteroatoms. The van der Waals surface area contributed by atoms with Crippen molar-refractivity contribution in [1.29, 1.82) is 0 Å². The van der Waals surface area contributed by atoms with Gasteiger partial charge in [0.2, 0.25) is 0 Å². The lowest BCUT2D eigenvalue weighted by molar-refractivity contribution is 0.243. The summed E-state index contributed by atoms with van der Waals surface area (Å²) >= 11 is 3.62. The minimum absolute atomic E-state index is 0.154. The van der Waals surface area contributed by atoms with Gasteiger partial charge in [0.25, 0.3) is 0 Å². The SMILES string of the molecule is COc1c(C2(CN)CCC2)cc(C)c(Br)c1C. The van der Waals surface area contributed by atoms with E-state index in [0.717, 1.165) is 10.2 Å². The monoisotopic (exact) mass is 297 g/mol. The van der Waals surface area contributed by atoms with Crippen molar-refractivity contribution in [3.05, 3.63) is 27.2 Å². The molecule has 0 radical (unpaired) electrons. The van der Waals surface area contributed by atoms with E-state index in [0.29, 0.717) is 6.54 Å². The van der Waals surface area contributed by atoms with E-state index in [1.807, 2.05) is 0 Å². The smallest absolute Gasteiger partial charge is 0.126 e. The molecule has 1 saturated carbocycles. The second kappa shape index (κ2) is 4.62. The number of benzene rings is 1. The summed E-state index contributed by atoms with van der Waals surface area (Å²) in [6.07, 6.45) is 3.63. The maximum atomic E-state index is 6.00. The number of aryl methyl sites for hydroxylation is 1. The number of rotatable bonds is 3. The van der Waals surface area contributed by atoms with Crippen LogP contribution in [-0.2, 0) is 5.41 Å². The zero-order chi connectivity index (χ0) is 12.6. The van der Waals surface area contributed by atoms with Crippen molar-refractivity contribution in [1.82, 2.24) is 0 Å². The average Bonchev–Trinajstić information content (AvgIpc) is 2.26. The summed E-state index contributed by atoms with van der Waals surface area (Å²) in [7, 11) is 1.75. The van der Waals surface area contributed by atoms with Crippen LogP contribution >= 0.6 is 15.9 Å². The molecule has 0 amide bonds. The van der Waals surface area contributed by atoms with Gasteiger partial charge in [0.15, 0.2) is 0 Å². The van der Waals surface area contributed by atoms with Gasteiger partial charge in [0.05, 0.1) is 7.11 Å². The van der Waals surface area contributed by atoms with Crippen LogP contribution in [0.2, 0.25) is 0 Å². The van der Waals surface area contributed by atoms with Crippen LogP contribution in [0.25, 0.3) is 0 Å². The highest BCUT2D eigenvalue weighted by molar-refractivity contribution is 9.10. The predicted octanol–water partition coefficient (Wildman–Crippen LogP) is 3.45. The van der Waals surface area contributed by atoms with E-state index in [9.17, 15) is 0 Å². The van der Waals surface area contributed by atoms with Gasteiger partial charge in [-0.3, -0.25) is 0 Å². The van der Waals surface area contributed by atoms with E-state index < -0.39 is 0 Å². The molecule has 1 aliphatic rings. The summed E-state index contributed by atoms with van der Waals surface area (Å²) < 4.78 is 6.75. The Labute approximate surface area is 112 Å². The lowest BCUT2D eigenvalue weighted by atomic mass is 9.64. The molecule has 0 bridgehead atoms. The van der Waals surface area contributed by atoms with Gasteiger partial charge < -0.3 is 10.5 Å². The predicted molar refractivity (Wildman–Crippen MR) is 74.8 cm³/mol. The van der Waals surface area contributed by atoms with Gasteiger partial charge in [0.1, 0.15) is 5.75 Å². The van der Waals surface area contributed by atoms with Crippen molar-refractivity contribution in [2.75, 3.05) is 13.7 Å². The first kappa shape index (κ1) is 12.9. The highest BCUT2D eigenvalue weighted by atomic mass is 79.9. The average molecular weight is 298 g/mol. The second-order valence-electron chi connectivity index (χ2n) is 5.05. The zero-order valence-electron chi connectivity index (χ0n) is 10.8. The van der Waals surface area contributed by atoms with Crippen LogP contribution < -0.4 is 10.5 Å².